The summed E-state index contributed by atoms with van der Waals surface area (Å²) in [5.41, 5.74) is 5.98. The fourth-order valence-electron chi connectivity index (χ4n) is 3.65. The van der Waals surface area contributed by atoms with E-state index >= 15 is 0 Å². The number of nitrogens with zero attached hydrogens (tertiary/aromatic N) is 1. The highest BCUT2D eigenvalue weighted by atomic mass is 15.2. The minimum atomic E-state index is 0.740. The highest BCUT2D eigenvalue weighted by Gasteiger charge is 2.37. The number of hydrogen-bond acceptors (Lipinski definition) is 2. The first-order valence-corrected chi connectivity index (χ1v) is 7.59. The molecule has 0 bridgehead atoms. The molecule has 0 spiro atoms. The van der Waals surface area contributed by atoms with Crippen molar-refractivity contribution in [2.75, 3.05) is 13.6 Å². The molecule has 2 aliphatic rings. The van der Waals surface area contributed by atoms with Gasteiger partial charge in [0.05, 0.1) is 0 Å². The van der Waals surface area contributed by atoms with Gasteiger partial charge >= 0.3 is 0 Å². The minimum Gasteiger partial charge on any atom is -0.330 e. The van der Waals surface area contributed by atoms with Gasteiger partial charge < -0.3 is 10.6 Å². The Morgan fingerprint density at radius 2 is 1.94 bits per heavy atom. The van der Waals surface area contributed by atoms with Gasteiger partial charge in [0.2, 0.25) is 0 Å². The number of hydrogen-bond donors (Lipinski definition) is 1. The van der Waals surface area contributed by atoms with E-state index in [0.717, 1.165) is 36.4 Å². The summed E-state index contributed by atoms with van der Waals surface area (Å²) in [6.07, 6.45) is 8.37. The Hall–Kier alpha value is -0.0800. The molecule has 2 heteroatoms. The molecule has 2 nitrogen and oxygen atoms in total. The van der Waals surface area contributed by atoms with Gasteiger partial charge in [-0.2, -0.15) is 0 Å². The summed E-state index contributed by atoms with van der Waals surface area (Å²) in [5.74, 6) is 2.65. The van der Waals surface area contributed by atoms with E-state index < -0.39 is 0 Å². The van der Waals surface area contributed by atoms with Crippen molar-refractivity contribution in [1.82, 2.24) is 4.90 Å². The molecule has 0 heterocycles. The fourth-order valence-corrected chi connectivity index (χ4v) is 3.65. The van der Waals surface area contributed by atoms with Gasteiger partial charge in [0.1, 0.15) is 0 Å². The third-order valence-electron chi connectivity index (χ3n) is 5.41. The lowest BCUT2D eigenvalue weighted by Crippen LogP contribution is -2.49. The molecule has 0 saturated heterocycles. The molecule has 2 N–H and O–H groups in total. The van der Waals surface area contributed by atoms with Crippen LogP contribution in [0.15, 0.2) is 0 Å². The standard InChI is InChI=1S/C15H30N2/c1-4-12-5-6-14(10-16)15(9-12)17(3)11(2)13-7-8-13/h11-15H,4-10,16H2,1-3H3. The van der Waals surface area contributed by atoms with Gasteiger partial charge in [-0.3, -0.25) is 0 Å². The Morgan fingerprint density at radius 1 is 1.24 bits per heavy atom. The quantitative estimate of drug-likeness (QED) is 0.798. The van der Waals surface area contributed by atoms with Gasteiger partial charge in [0.25, 0.3) is 0 Å². The zero-order chi connectivity index (χ0) is 12.4. The van der Waals surface area contributed by atoms with E-state index in [1.807, 2.05) is 0 Å². The van der Waals surface area contributed by atoms with Crippen LogP contribution in [0.2, 0.25) is 0 Å². The molecule has 100 valence electrons. The summed E-state index contributed by atoms with van der Waals surface area (Å²) in [4.78, 5) is 2.66. The molecule has 17 heavy (non-hydrogen) atoms. The van der Waals surface area contributed by atoms with E-state index in [4.69, 9.17) is 5.73 Å². The van der Waals surface area contributed by atoms with Gasteiger partial charge in [0, 0.05) is 12.1 Å². The molecule has 0 aromatic carbocycles. The van der Waals surface area contributed by atoms with E-state index in [1.54, 1.807) is 0 Å². The van der Waals surface area contributed by atoms with Crippen LogP contribution in [0.5, 0.6) is 0 Å². The van der Waals surface area contributed by atoms with E-state index in [9.17, 15) is 0 Å². The second kappa shape index (κ2) is 5.71. The van der Waals surface area contributed by atoms with Gasteiger partial charge in [-0.1, -0.05) is 19.8 Å². The third kappa shape index (κ3) is 3.03. The van der Waals surface area contributed by atoms with Crippen LogP contribution in [0.1, 0.15) is 52.4 Å². The Morgan fingerprint density at radius 3 is 2.47 bits per heavy atom. The van der Waals surface area contributed by atoms with Crippen molar-refractivity contribution >= 4 is 0 Å². The maximum absolute atomic E-state index is 5.98. The number of nitrogens with two attached hydrogens (primary N) is 1. The summed E-state index contributed by atoms with van der Waals surface area (Å²) in [6.45, 7) is 5.64. The van der Waals surface area contributed by atoms with Crippen molar-refractivity contribution in [3.05, 3.63) is 0 Å². The zero-order valence-corrected chi connectivity index (χ0v) is 11.9. The van der Waals surface area contributed by atoms with Crippen LogP contribution in [0.25, 0.3) is 0 Å². The molecule has 2 saturated carbocycles. The van der Waals surface area contributed by atoms with Crippen LogP contribution in [-0.2, 0) is 0 Å². The van der Waals surface area contributed by atoms with E-state index in [-0.39, 0.29) is 0 Å². The zero-order valence-electron chi connectivity index (χ0n) is 11.9. The molecule has 2 rings (SSSR count). The normalized spacial score (nSPS) is 36.2. The van der Waals surface area contributed by atoms with Crippen LogP contribution in [-0.4, -0.2) is 30.6 Å². The smallest absolute Gasteiger partial charge is 0.0138 e. The Balaban J connectivity index is 1.97. The van der Waals surface area contributed by atoms with Crippen molar-refractivity contribution in [1.29, 1.82) is 0 Å². The topological polar surface area (TPSA) is 29.3 Å². The second-order valence-electron chi connectivity index (χ2n) is 6.39. The first-order valence-electron chi connectivity index (χ1n) is 7.59. The average molecular weight is 238 g/mol. The van der Waals surface area contributed by atoms with Crippen LogP contribution in [0.4, 0.5) is 0 Å². The Kier molecular flexibility index (Phi) is 4.48. The van der Waals surface area contributed by atoms with Crippen molar-refractivity contribution in [3.8, 4) is 0 Å². The molecule has 4 unspecified atom stereocenters. The van der Waals surface area contributed by atoms with Gasteiger partial charge in [-0.05, 0) is 64.0 Å². The largest absolute Gasteiger partial charge is 0.330 e. The second-order valence-corrected chi connectivity index (χ2v) is 6.39. The lowest BCUT2D eigenvalue weighted by molar-refractivity contribution is 0.0665. The van der Waals surface area contributed by atoms with E-state index in [2.05, 4.69) is 25.8 Å². The molecule has 0 amide bonds. The van der Waals surface area contributed by atoms with Crippen molar-refractivity contribution < 1.29 is 0 Å². The maximum Gasteiger partial charge on any atom is 0.0138 e. The summed E-state index contributed by atoms with van der Waals surface area (Å²) in [7, 11) is 2.34. The molecule has 4 atom stereocenters. The first-order chi connectivity index (χ1) is 8.17. The van der Waals surface area contributed by atoms with E-state index in [0.29, 0.717) is 0 Å². The van der Waals surface area contributed by atoms with Gasteiger partial charge in [0.15, 0.2) is 0 Å². The van der Waals surface area contributed by atoms with Crippen molar-refractivity contribution in [2.24, 2.45) is 23.5 Å². The lowest BCUT2D eigenvalue weighted by atomic mass is 9.76. The number of rotatable bonds is 5. The van der Waals surface area contributed by atoms with Crippen molar-refractivity contribution in [2.45, 2.75) is 64.5 Å². The monoisotopic (exact) mass is 238 g/mol. The molecule has 0 aromatic rings. The highest BCUT2D eigenvalue weighted by Crippen LogP contribution is 2.39. The molecule has 2 fully saturated rings. The highest BCUT2D eigenvalue weighted by molar-refractivity contribution is 4.92. The van der Waals surface area contributed by atoms with Crippen molar-refractivity contribution in [3.63, 3.8) is 0 Å². The maximum atomic E-state index is 5.98. The minimum absolute atomic E-state index is 0.740. The Labute approximate surface area is 107 Å². The van der Waals surface area contributed by atoms with Crippen LogP contribution in [0, 0.1) is 17.8 Å². The third-order valence-corrected chi connectivity index (χ3v) is 5.41. The van der Waals surface area contributed by atoms with Gasteiger partial charge in [-0.15, -0.1) is 0 Å². The van der Waals surface area contributed by atoms with Crippen LogP contribution in [0.3, 0.4) is 0 Å². The SMILES string of the molecule is CCC1CCC(CN)C(N(C)C(C)C2CC2)C1. The summed E-state index contributed by atoms with van der Waals surface area (Å²) in [5, 5.41) is 0. The van der Waals surface area contributed by atoms with Crippen LogP contribution < -0.4 is 5.73 Å². The molecular formula is C15H30N2. The predicted octanol–water partition coefficient (Wildman–Crippen LogP) is 2.87. The molecule has 0 radical (unpaired) electrons. The van der Waals surface area contributed by atoms with E-state index in [1.165, 1.54) is 38.5 Å². The fraction of sp³-hybridized carbons (Fsp3) is 1.00. The average Bonchev–Trinajstić information content (AvgIpc) is 3.20. The molecular weight excluding hydrogens is 208 g/mol. The first kappa shape index (κ1) is 13.4. The lowest BCUT2D eigenvalue weighted by Gasteiger charge is -2.43. The summed E-state index contributed by atoms with van der Waals surface area (Å²) < 4.78 is 0. The summed E-state index contributed by atoms with van der Waals surface area (Å²) >= 11 is 0. The molecule has 0 aromatic heterocycles. The predicted molar refractivity (Wildman–Crippen MR) is 73.9 cm³/mol. The Bertz CT molecular complexity index is 237. The molecule has 2 aliphatic carbocycles. The van der Waals surface area contributed by atoms with Gasteiger partial charge in [-0.25, -0.2) is 0 Å². The summed E-state index contributed by atoms with van der Waals surface area (Å²) in [6, 6.07) is 1.51. The molecule has 0 aliphatic heterocycles. The van der Waals surface area contributed by atoms with Crippen LogP contribution >= 0.6 is 0 Å².